The van der Waals surface area contributed by atoms with Crippen LogP contribution in [0.4, 0.5) is 10.1 Å². The van der Waals surface area contributed by atoms with Crippen molar-refractivity contribution in [2.45, 2.75) is 26.8 Å². The molecule has 1 heterocycles. The van der Waals surface area contributed by atoms with Gasteiger partial charge in [0.15, 0.2) is 0 Å². The van der Waals surface area contributed by atoms with Crippen molar-refractivity contribution >= 4 is 17.5 Å². The first-order valence-corrected chi connectivity index (χ1v) is 6.27. The quantitative estimate of drug-likeness (QED) is 0.882. The minimum atomic E-state index is -0.595. The third kappa shape index (κ3) is 2.59. The molecule has 19 heavy (non-hydrogen) atoms. The van der Waals surface area contributed by atoms with Crippen LogP contribution in [0.5, 0.6) is 0 Å². The van der Waals surface area contributed by atoms with Gasteiger partial charge in [-0.1, -0.05) is 13.8 Å². The molecular formula is C14H17FN2O2. The molecule has 0 saturated carbocycles. The van der Waals surface area contributed by atoms with E-state index in [4.69, 9.17) is 0 Å². The van der Waals surface area contributed by atoms with Crippen LogP contribution in [0, 0.1) is 18.7 Å². The Hall–Kier alpha value is -1.91. The largest absolute Gasteiger partial charge is 0.345 e. The van der Waals surface area contributed by atoms with Gasteiger partial charge >= 0.3 is 0 Å². The summed E-state index contributed by atoms with van der Waals surface area (Å²) in [6.07, 6.45) is 0. The fourth-order valence-corrected chi connectivity index (χ4v) is 2.39. The maximum atomic E-state index is 13.5. The minimum absolute atomic E-state index is 0.0440. The smallest absolute Gasteiger partial charge is 0.247 e. The van der Waals surface area contributed by atoms with Crippen molar-refractivity contribution in [2.24, 2.45) is 5.92 Å². The number of piperazine rings is 1. The molecule has 1 aromatic carbocycles. The number of carbonyl (C=O) groups is 2. The predicted molar refractivity (Wildman–Crippen MR) is 70.3 cm³/mol. The van der Waals surface area contributed by atoms with Crippen molar-refractivity contribution in [1.82, 2.24) is 5.32 Å². The molecule has 1 unspecified atom stereocenters. The van der Waals surface area contributed by atoms with Gasteiger partial charge in [-0.25, -0.2) is 4.39 Å². The second-order valence-corrected chi connectivity index (χ2v) is 5.16. The zero-order valence-corrected chi connectivity index (χ0v) is 11.2. The number of anilines is 1. The molecule has 1 atom stereocenters. The summed E-state index contributed by atoms with van der Waals surface area (Å²) in [6.45, 7) is 5.44. The van der Waals surface area contributed by atoms with Crippen molar-refractivity contribution in [3.63, 3.8) is 0 Å². The molecule has 2 amide bonds. The van der Waals surface area contributed by atoms with E-state index in [0.29, 0.717) is 5.69 Å². The summed E-state index contributed by atoms with van der Waals surface area (Å²) in [6, 6.07) is 3.80. The molecule has 2 rings (SSSR count). The molecule has 1 aliphatic heterocycles. The van der Waals surface area contributed by atoms with E-state index in [1.807, 2.05) is 13.8 Å². The first kappa shape index (κ1) is 13.5. The Labute approximate surface area is 111 Å². The number of aryl methyl sites for hydroxylation is 1. The molecule has 0 aromatic heterocycles. The van der Waals surface area contributed by atoms with Crippen molar-refractivity contribution in [2.75, 3.05) is 11.4 Å². The van der Waals surface area contributed by atoms with Gasteiger partial charge in [-0.05, 0) is 36.6 Å². The number of benzene rings is 1. The normalized spacial score (nSPS) is 19.8. The maximum Gasteiger partial charge on any atom is 0.247 e. The van der Waals surface area contributed by atoms with Crippen molar-refractivity contribution in [3.05, 3.63) is 29.6 Å². The number of amides is 2. The van der Waals surface area contributed by atoms with E-state index in [9.17, 15) is 14.0 Å². The number of rotatable bonds is 2. The van der Waals surface area contributed by atoms with Gasteiger partial charge in [0.25, 0.3) is 0 Å². The fraction of sp³-hybridized carbons (Fsp3) is 0.429. The molecule has 1 aliphatic rings. The lowest BCUT2D eigenvalue weighted by Gasteiger charge is -2.37. The number of halogens is 1. The molecule has 1 N–H and O–H groups in total. The van der Waals surface area contributed by atoms with Crippen LogP contribution in [0.15, 0.2) is 18.2 Å². The number of hydrogen-bond acceptors (Lipinski definition) is 2. The highest BCUT2D eigenvalue weighted by molar-refractivity contribution is 6.06. The lowest BCUT2D eigenvalue weighted by atomic mass is 9.98. The third-order valence-corrected chi connectivity index (χ3v) is 3.17. The van der Waals surface area contributed by atoms with E-state index in [-0.39, 0.29) is 24.3 Å². The van der Waals surface area contributed by atoms with Gasteiger partial charge in [-0.3, -0.25) is 14.5 Å². The van der Waals surface area contributed by atoms with Gasteiger partial charge in [0.1, 0.15) is 11.9 Å². The first-order valence-electron chi connectivity index (χ1n) is 6.27. The Bertz CT molecular complexity index is 508. The lowest BCUT2D eigenvalue weighted by Crippen LogP contribution is -2.60. The van der Waals surface area contributed by atoms with E-state index in [0.717, 1.165) is 5.56 Å². The van der Waals surface area contributed by atoms with E-state index in [1.54, 1.807) is 13.0 Å². The lowest BCUT2D eigenvalue weighted by molar-refractivity contribution is -0.131. The summed E-state index contributed by atoms with van der Waals surface area (Å²) in [4.78, 5) is 25.4. The highest BCUT2D eigenvalue weighted by atomic mass is 19.1. The Morgan fingerprint density at radius 2 is 2.00 bits per heavy atom. The fourth-order valence-electron chi connectivity index (χ4n) is 2.39. The maximum absolute atomic E-state index is 13.5. The van der Waals surface area contributed by atoms with Crippen LogP contribution in [0.1, 0.15) is 19.4 Å². The summed E-state index contributed by atoms with van der Waals surface area (Å²) in [5.74, 6) is -0.871. The van der Waals surface area contributed by atoms with Crippen LogP contribution in [0.3, 0.4) is 0 Å². The van der Waals surface area contributed by atoms with Crippen molar-refractivity contribution < 1.29 is 14.0 Å². The van der Waals surface area contributed by atoms with Gasteiger partial charge in [0, 0.05) is 5.69 Å². The van der Waals surface area contributed by atoms with Gasteiger partial charge < -0.3 is 5.32 Å². The molecule has 1 aromatic rings. The zero-order chi connectivity index (χ0) is 14.2. The monoisotopic (exact) mass is 264 g/mol. The van der Waals surface area contributed by atoms with Gasteiger partial charge in [0.2, 0.25) is 11.8 Å². The van der Waals surface area contributed by atoms with E-state index >= 15 is 0 Å². The van der Waals surface area contributed by atoms with Crippen LogP contribution in [-0.4, -0.2) is 24.4 Å². The van der Waals surface area contributed by atoms with E-state index in [1.165, 1.54) is 17.0 Å². The van der Waals surface area contributed by atoms with Gasteiger partial charge in [-0.15, -0.1) is 0 Å². The summed E-state index contributed by atoms with van der Waals surface area (Å²) < 4.78 is 13.5. The zero-order valence-electron chi connectivity index (χ0n) is 11.2. The van der Waals surface area contributed by atoms with Gasteiger partial charge in [0.05, 0.1) is 6.54 Å². The third-order valence-electron chi connectivity index (χ3n) is 3.17. The molecule has 0 bridgehead atoms. The molecule has 0 radical (unpaired) electrons. The number of carbonyl (C=O) groups excluding carboxylic acids is 2. The highest BCUT2D eigenvalue weighted by Crippen LogP contribution is 2.25. The van der Waals surface area contributed by atoms with Crippen molar-refractivity contribution in [1.29, 1.82) is 0 Å². The average molecular weight is 264 g/mol. The molecule has 5 heteroatoms. The van der Waals surface area contributed by atoms with Gasteiger partial charge in [-0.2, -0.15) is 0 Å². The number of hydrogen-bond donors (Lipinski definition) is 1. The second kappa shape index (κ2) is 4.99. The van der Waals surface area contributed by atoms with Crippen LogP contribution < -0.4 is 10.2 Å². The molecule has 1 fully saturated rings. The van der Waals surface area contributed by atoms with Crippen LogP contribution in [-0.2, 0) is 9.59 Å². The second-order valence-electron chi connectivity index (χ2n) is 5.16. The molecular weight excluding hydrogens is 247 g/mol. The van der Waals surface area contributed by atoms with Crippen LogP contribution in [0.25, 0.3) is 0 Å². The predicted octanol–water partition coefficient (Wildman–Crippen LogP) is 1.62. The summed E-state index contributed by atoms with van der Waals surface area (Å²) >= 11 is 0. The minimum Gasteiger partial charge on any atom is -0.345 e. The molecule has 102 valence electrons. The SMILES string of the molecule is Cc1cc(F)cc(N2C(=O)CNC(=O)C2C(C)C)c1. The van der Waals surface area contributed by atoms with Crippen molar-refractivity contribution in [3.8, 4) is 0 Å². The Kier molecular flexibility index (Phi) is 3.55. The standard InChI is InChI=1S/C14H17FN2O2/c1-8(2)13-14(19)16-7-12(18)17(13)11-5-9(3)4-10(15)6-11/h4-6,8,13H,7H2,1-3H3,(H,16,19). The summed E-state index contributed by atoms with van der Waals surface area (Å²) in [7, 11) is 0. The summed E-state index contributed by atoms with van der Waals surface area (Å²) in [5.41, 5.74) is 1.16. The molecule has 1 saturated heterocycles. The summed E-state index contributed by atoms with van der Waals surface area (Å²) in [5, 5.41) is 2.57. The first-order chi connectivity index (χ1) is 8.90. The molecule has 0 aliphatic carbocycles. The van der Waals surface area contributed by atoms with E-state index < -0.39 is 11.9 Å². The molecule has 4 nitrogen and oxygen atoms in total. The van der Waals surface area contributed by atoms with Crippen LogP contribution in [0.2, 0.25) is 0 Å². The topological polar surface area (TPSA) is 49.4 Å². The van der Waals surface area contributed by atoms with Crippen LogP contribution >= 0.6 is 0 Å². The number of nitrogens with zero attached hydrogens (tertiary/aromatic N) is 1. The van der Waals surface area contributed by atoms with E-state index in [2.05, 4.69) is 5.32 Å². The number of nitrogens with one attached hydrogen (secondary N) is 1. The Morgan fingerprint density at radius 1 is 1.32 bits per heavy atom. The Balaban J connectivity index is 2.48. The highest BCUT2D eigenvalue weighted by Gasteiger charge is 2.37. The molecule has 0 spiro atoms. The average Bonchev–Trinajstić information content (AvgIpc) is 2.29. The Morgan fingerprint density at radius 3 is 2.58 bits per heavy atom.